The molecule has 1 aliphatic carbocycles. The van der Waals surface area contributed by atoms with Crippen LogP contribution < -0.4 is 5.32 Å². The monoisotopic (exact) mass is 220 g/mol. The van der Waals surface area contributed by atoms with Crippen LogP contribution in [0.1, 0.15) is 32.1 Å². The third-order valence-electron chi connectivity index (χ3n) is 2.75. The Labute approximate surface area is 95.0 Å². The lowest BCUT2D eigenvalue weighted by Gasteiger charge is -2.21. The fraction of sp³-hybridized carbons (Fsp3) is 0.500. The van der Waals surface area contributed by atoms with Crippen LogP contribution in [0.4, 0.5) is 10.5 Å². The molecule has 1 aromatic rings. The molecule has 1 fully saturated rings. The maximum atomic E-state index is 11.5. The second kappa shape index (κ2) is 5.49. The van der Waals surface area contributed by atoms with Gasteiger partial charge in [-0.05, 0) is 37.8 Å². The van der Waals surface area contributed by atoms with Crippen molar-refractivity contribution in [2.24, 2.45) is 0 Å². The molecule has 1 N–H and O–H groups in total. The molecule has 0 aromatic carbocycles. The average Bonchev–Trinajstić information content (AvgIpc) is 2.31. The first-order valence-corrected chi connectivity index (χ1v) is 5.72. The van der Waals surface area contributed by atoms with Crippen molar-refractivity contribution in [1.29, 1.82) is 0 Å². The molecule has 1 saturated carbocycles. The number of carbonyl (C=O) groups excluding carboxylic acids is 1. The van der Waals surface area contributed by atoms with Crippen molar-refractivity contribution in [2.75, 3.05) is 5.32 Å². The molecule has 16 heavy (non-hydrogen) atoms. The highest BCUT2D eigenvalue weighted by molar-refractivity contribution is 5.84. The van der Waals surface area contributed by atoms with E-state index in [2.05, 4.69) is 10.3 Å². The second-order valence-corrected chi connectivity index (χ2v) is 4.03. The van der Waals surface area contributed by atoms with Crippen molar-refractivity contribution in [3.8, 4) is 0 Å². The number of hydrogen-bond donors (Lipinski definition) is 1. The molecule has 0 radical (unpaired) electrons. The van der Waals surface area contributed by atoms with Crippen molar-refractivity contribution in [1.82, 2.24) is 4.98 Å². The summed E-state index contributed by atoms with van der Waals surface area (Å²) < 4.78 is 5.32. The fourth-order valence-electron chi connectivity index (χ4n) is 1.92. The number of pyridine rings is 1. The highest BCUT2D eigenvalue weighted by Crippen LogP contribution is 2.20. The normalized spacial score (nSPS) is 16.8. The predicted molar refractivity (Wildman–Crippen MR) is 61.2 cm³/mol. The highest BCUT2D eigenvalue weighted by atomic mass is 16.6. The van der Waals surface area contributed by atoms with E-state index in [0.717, 1.165) is 31.4 Å². The Morgan fingerprint density at radius 3 is 2.62 bits per heavy atom. The molecule has 1 amide bonds. The zero-order valence-electron chi connectivity index (χ0n) is 9.19. The van der Waals surface area contributed by atoms with Crippen molar-refractivity contribution in [3.63, 3.8) is 0 Å². The third kappa shape index (κ3) is 3.22. The summed E-state index contributed by atoms with van der Waals surface area (Å²) in [6.45, 7) is 0. The molecule has 1 heterocycles. The molecule has 0 spiro atoms. The SMILES string of the molecule is O=C(Nc1ccncc1)OC1CCCCC1. The zero-order chi connectivity index (χ0) is 11.2. The predicted octanol–water partition coefficient (Wildman–Crippen LogP) is 2.96. The Morgan fingerprint density at radius 2 is 1.94 bits per heavy atom. The zero-order valence-corrected chi connectivity index (χ0v) is 9.19. The number of ether oxygens (including phenoxy) is 1. The first kappa shape index (κ1) is 10.9. The largest absolute Gasteiger partial charge is 0.446 e. The van der Waals surface area contributed by atoms with Crippen LogP contribution in [0.2, 0.25) is 0 Å². The maximum absolute atomic E-state index is 11.5. The van der Waals surface area contributed by atoms with E-state index in [1.54, 1.807) is 24.5 Å². The van der Waals surface area contributed by atoms with Crippen molar-refractivity contribution < 1.29 is 9.53 Å². The van der Waals surface area contributed by atoms with Gasteiger partial charge in [-0.3, -0.25) is 10.3 Å². The molecular weight excluding hydrogens is 204 g/mol. The van der Waals surface area contributed by atoms with Gasteiger partial charge in [-0.1, -0.05) is 6.42 Å². The van der Waals surface area contributed by atoms with Crippen LogP contribution in [0.5, 0.6) is 0 Å². The topological polar surface area (TPSA) is 51.2 Å². The van der Waals surface area contributed by atoms with Gasteiger partial charge < -0.3 is 4.74 Å². The summed E-state index contributed by atoms with van der Waals surface area (Å²) in [6, 6.07) is 3.48. The van der Waals surface area contributed by atoms with E-state index in [1.165, 1.54) is 6.42 Å². The lowest BCUT2D eigenvalue weighted by Crippen LogP contribution is -2.24. The number of aromatic nitrogens is 1. The van der Waals surface area contributed by atoms with Crippen LogP contribution in [-0.4, -0.2) is 17.2 Å². The number of anilines is 1. The minimum atomic E-state index is -0.363. The molecule has 1 aliphatic rings. The molecule has 4 nitrogen and oxygen atoms in total. The van der Waals surface area contributed by atoms with Crippen LogP contribution in [0.3, 0.4) is 0 Å². The quantitative estimate of drug-likeness (QED) is 0.833. The Balaban J connectivity index is 1.80. The summed E-state index contributed by atoms with van der Waals surface area (Å²) in [5.41, 5.74) is 0.718. The van der Waals surface area contributed by atoms with Gasteiger partial charge in [-0.15, -0.1) is 0 Å². The smallest absolute Gasteiger partial charge is 0.411 e. The molecular formula is C12H16N2O2. The van der Waals surface area contributed by atoms with Crippen LogP contribution >= 0.6 is 0 Å². The lowest BCUT2D eigenvalue weighted by molar-refractivity contribution is 0.0865. The van der Waals surface area contributed by atoms with E-state index in [0.29, 0.717) is 0 Å². The molecule has 0 atom stereocenters. The molecule has 1 aromatic heterocycles. The number of nitrogens with one attached hydrogen (secondary N) is 1. The number of carbonyl (C=O) groups is 1. The first-order valence-electron chi connectivity index (χ1n) is 5.72. The molecule has 0 unspecified atom stereocenters. The number of nitrogens with zero attached hydrogens (tertiary/aromatic N) is 1. The highest BCUT2D eigenvalue weighted by Gasteiger charge is 2.17. The van der Waals surface area contributed by atoms with Gasteiger partial charge in [0.25, 0.3) is 0 Å². The standard InChI is InChI=1S/C12H16N2O2/c15-12(14-10-6-8-13-9-7-10)16-11-4-2-1-3-5-11/h6-9,11H,1-5H2,(H,13,14,15). The minimum Gasteiger partial charge on any atom is -0.446 e. The summed E-state index contributed by atoms with van der Waals surface area (Å²) in [6.07, 6.45) is 8.56. The second-order valence-electron chi connectivity index (χ2n) is 4.03. The molecule has 0 bridgehead atoms. The van der Waals surface area contributed by atoms with E-state index >= 15 is 0 Å². The van der Waals surface area contributed by atoms with E-state index in [1.807, 2.05) is 0 Å². The number of rotatable bonds is 2. The Bertz CT molecular complexity index is 334. The van der Waals surface area contributed by atoms with E-state index in [-0.39, 0.29) is 12.2 Å². The van der Waals surface area contributed by atoms with Crippen LogP contribution in [0.25, 0.3) is 0 Å². The first-order chi connectivity index (χ1) is 7.84. The minimum absolute atomic E-state index is 0.0931. The molecule has 2 rings (SSSR count). The Kier molecular flexibility index (Phi) is 3.75. The molecule has 4 heteroatoms. The van der Waals surface area contributed by atoms with Gasteiger partial charge in [-0.2, -0.15) is 0 Å². The van der Waals surface area contributed by atoms with Crippen molar-refractivity contribution >= 4 is 11.8 Å². The molecule has 0 aliphatic heterocycles. The molecule has 86 valence electrons. The van der Waals surface area contributed by atoms with Gasteiger partial charge in [-0.25, -0.2) is 4.79 Å². The summed E-state index contributed by atoms with van der Waals surface area (Å²) >= 11 is 0. The fourth-order valence-corrected chi connectivity index (χ4v) is 1.92. The number of hydrogen-bond acceptors (Lipinski definition) is 3. The number of amides is 1. The van der Waals surface area contributed by atoms with Crippen molar-refractivity contribution in [3.05, 3.63) is 24.5 Å². The maximum Gasteiger partial charge on any atom is 0.411 e. The summed E-state index contributed by atoms with van der Waals surface area (Å²) in [4.78, 5) is 15.4. The third-order valence-corrected chi connectivity index (χ3v) is 2.75. The van der Waals surface area contributed by atoms with E-state index in [9.17, 15) is 4.79 Å². The van der Waals surface area contributed by atoms with Gasteiger partial charge in [0.1, 0.15) is 6.10 Å². The summed E-state index contributed by atoms with van der Waals surface area (Å²) in [5, 5.41) is 2.69. The van der Waals surface area contributed by atoms with Crippen LogP contribution in [0, 0.1) is 0 Å². The summed E-state index contributed by atoms with van der Waals surface area (Å²) in [7, 11) is 0. The van der Waals surface area contributed by atoms with Gasteiger partial charge in [0.2, 0.25) is 0 Å². The van der Waals surface area contributed by atoms with Crippen LogP contribution in [-0.2, 0) is 4.74 Å². The van der Waals surface area contributed by atoms with Gasteiger partial charge in [0, 0.05) is 18.1 Å². The van der Waals surface area contributed by atoms with Gasteiger partial charge in [0.05, 0.1) is 0 Å². The van der Waals surface area contributed by atoms with E-state index in [4.69, 9.17) is 4.74 Å². The van der Waals surface area contributed by atoms with Gasteiger partial charge >= 0.3 is 6.09 Å². The van der Waals surface area contributed by atoms with Gasteiger partial charge in [0.15, 0.2) is 0 Å². The van der Waals surface area contributed by atoms with Crippen molar-refractivity contribution in [2.45, 2.75) is 38.2 Å². The molecule has 0 saturated heterocycles. The Morgan fingerprint density at radius 1 is 1.25 bits per heavy atom. The Hall–Kier alpha value is -1.58. The lowest BCUT2D eigenvalue weighted by atomic mass is 9.98. The van der Waals surface area contributed by atoms with Crippen LogP contribution in [0.15, 0.2) is 24.5 Å². The van der Waals surface area contributed by atoms with E-state index < -0.39 is 0 Å². The average molecular weight is 220 g/mol. The summed E-state index contributed by atoms with van der Waals surface area (Å²) in [5.74, 6) is 0.